The number of allylic oxidation sites excluding steroid dienone is 3. The van der Waals surface area contributed by atoms with Gasteiger partial charge in [-0.3, -0.25) is 4.79 Å². The Morgan fingerprint density at radius 3 is 1.80 bits per heavy atom. The van der Waals surface area contributed by atoms with Crippen LogP contribution in [0.15, 0.2) is 128 Å². The van der Waals surface area contributed by atoms with Gasteiger partial charge in [-0.25, -0.2) is 14.8 Å². The Kier molecular flexibility index (Phi) is 6.73. The summed E-state index contributed by atoms with van der Waals surface area (Å²) in [6, 6.07) is 27.3. The summed E-state index contributed by atoms with van der Waals surface area (Å²) >= 11 is 3.16. The standard InChI is InChI=1S/C36H26N4O3S2/c1-3-39-30(44-28-17-21-11-5-8-14-25(21)37-34(28)39)19-23(32-33(41)24-13-7-10-16-27(24)43-36(32)42)20-31-40(4-2)35-29(45-31)18-22-12-6-9-15-26(22)38-35/h5-20H,3-4H2,1-2H3/b30-19-,31-20+,32-23?. The van der Waals surface area contributed by atoms with Crippen LogP contribution in [0.2, 0.25) is 0 Å². The molecule has 8 rings (SSSR count). The maximum absolute atomic E-state index is 14.0. The number of hydrogen-bond acceptors (Lipinski definition) is 9. The van der Waals surface area contributed by atoms with Gasteiger partial charge >= 0.3 is 5.97 Å². The predicted octanol–water partition coefficient (Wildman–Crippen LogP) is 8.13. The molecule has 0 aliphatic carbocycles. The van der Waals surface area contributed by atoms with E-state index in [9.17, 15) is 9.59 Å². The van der Waals surface area contributed by atoms with Crippen LogP contribution in [-0.2, 0) is 4.79 Å². The Labute approximate surface area is 268 Å². The first-order chi connectivity index (χ1) is 22.0. The van der Waals surface area contributed by atoms with E-state index in [4.69, 9.17) is 14.7 Å². The number of carbonyl (C=O) groups is 2. The van der Waals surface area contributed by atoms with Gasteiger partial charge in [0.1, 0.15) is 23.0 Å². The van der Waals surface area contributed by atoms with Gasteiger partial charge in [-0.2, -0.15) is 0 Å². The SMILES string of the molecule is CCN1/C(=C/C(/C=C2/Sc3cc4ccccc4nc3N2CC)=C2C(=O)Oc3ccccc3C2=O)Sc2cc3ccccc3nc21. The topological polar surface area (TPSA) is 75.6 Å². The molecule has 0 radical (unpaired) electrons. The molecule has 7 nitrogen and oxygen atoms in total. The highest BCUT2D eigenvalue weighted by atomic mass is 32.2. The van der Waals surface area contributed by atoms with Crippen LogP contribution in [0.1, 0.15) is 24.2 Å². The molecule has 0 amide bonds. The number of nitrogens with zero attached hydrogens (tertiary/aromatic N) is 4. The first kappa shape index (κ1) is 27.7. The molecule has 0 spiro atoms. The van der Waals surface area contributed by atoms with Crippen molar-refractivity contribution in [3.8, 4) is 5.75 Å². The van der Waals surface area contributed by atoms with Crippen LogP contribution in [-0.4, -0.2) is 34.8 Å². The lowest BCUT2D eigenvalue weighted by Crippen LogP contribution is -2.27. The van der Waals surface area contributed by atoms with Crippen LogP contribution >= 0.6 is 23.5 Å². The molecule has 220 valence electrons. The second kappa shape index (κ2) is 10.9. The molecular weight excluding hydrogens is 601 g/mol. The first-order valence-electron chi connectivity index (χ1n) is 14.8. The molecule has 0 atom stereocenters. The summed E-state index contributed by atoms with van der Waals surface area (Å²) < 4.78 is 5.72. The van der Waals surface area contributed by atoms with Gasteiger partial charge in [0.15, 0.2) is 0 Å². The summed E-state index contributed by atoms with van der Waals surface area (Å²) in [7, 11) is 0. The number of ketones is 1. The van der Waals surface area contributed by atoms with E-state index in [1.165, 1.54) is 0 Å². The van der Waals surface area contributed by atoms with Crippen LogP contribution in [0, 0.1) is 0 Å². The minimum Gasteiger partial charge on any atom is -0.422 e. The Hall–Kier alpha value is -4.86. The number of Topliss-reactive ketones (excluding diaryl/α,β-unsaturated/α-hetero) is 1. The summed E-state index contributed by atoms with van der Waals surface area (Å²) in [6.07, 6.45) is 3.86. The van der Waals surface area contributed by atoms with Crippen molar-refractivity contribution in [2.24, 2.45) is 0 Å². The van der Waals surface area contributed by atoms with Crippen molar-refractivity contribution in [1.29, 1.82) is 0 Å². The Balaban J connectivity index is 1.30. The molecule has 3 aliphatic rings. The van der Waals surface area contributed by atoms with E-state index in [-0.39, 0.29) is 17.1 Å². The fourth-order valence-electron chi connectivity index (χ4n) is 5.90. The largest absolute Gasteiger partial charge is 0.422 e. The number of anilines is 2. The van der Waals surface area contributed by atoms with Crippen molar-refractivity contribution in [2.45, 2.75) is 23.6 Å². The summed E-state index contributed by atoms with van der Waals surface area (Å²) in [4.78, 5) is 43.8. The molecule has 5 heterocycles. The van der Waals surface area contributed by atoms with Gasteiger partial charge in [0.2, 0.25) is 5.78 Å². The highest BCUT2D eigenvalue weighted by molar-refractivity contribution is 8.04. The van der Waals surface area contributed by atoms with Crippen molar-refractivity contribution in [3.63, 3.8) is 0 Å². The Morgan fingerprint density at radius 2 is 1.24 bits per heavy atom. The summed E-state index contributed by atoms with van der Waals surface area (Å²) in [5, 5.41) is 3.87. The predicted molar refractivity (Wildman–Crippen MR) is 181 cm³/mol. The number of pyridine rings is 2. The van der Waals surface area contributed by atoms with Gasteiger partial charge in [0.25, 0.3) is 0 Å². The minimum absolute atomic E-state index is 0.00478. The van der Waals surface area contributed by atoms with Crippen molar-refractivity contribution in [1.82, 2.24) is 9.97 Å². The van der Waals surface area contributed by atoms with Crippen molar-refractivity contribution >= 4 is 68.7 Å². The molecule has 5 aromatic rings. The average Bonchev–Trinajstić information content (AvgIpc) is 3.57. The zero-order chi connectivity index (χ0) is 30.7. The average molecular weight is 627 g/mol. The molecule has 0 saturated carbocycles. The summed E-state index contributed by atoms with van der Waals surface area (Å²) in [6.45, 7) is 5.46. The third-order valence-corrected chi connectivity index (χ3v) is 10.2. The number of ether oxygens (including phenoxy) is 1. The lowest BCUT2D eigenvalue weighted by atomic mass is 9.95. The zero-order valence-corrected chi connectivity index (χ0v) is 26.1. The summed E-state index contributed by atoms with van der Waals surface area (Å²) in [5.74, 6) is 0.980. The number of esters is 1. The van der Waals surface area contributed by atoms with E-state index in [0.717, 1.165) is 53.3 Å². The molecule has 0 saturated heterocycles. The van der Waals surface area contributed by atoms with Crippen molar-refractivity contribution < 1.29 is 14.3 Å². The molecule has 0 bridgehead atoms. The van der Waals surface area contributed by atoms with Crippen LogP contribution in [0.4, 0.5) is 11.6 Å². The van der Waals surface area contributed by atoms with Gasteiger partial charge in [0.05, 0.1) is 36.4 Å². The smallest absolute Gasteiger partial charge is 0.348 e. The van der Waals surface area contributed by atoms with Crippen LogP contribution in [0.25, 0.3) is 21.8 Å². The van der Waals surface area contributed by atoms with Gasteiger partial charge in [-0.05, 0) is 68.0 Å². The second-order valence-corrected chi connectivity index (χ2v) is 12.8. The zero-order valence-electron chi connectivity index (χ0n) is 24.5. The van der Waals surface area contributed by atoms with Gasteiger partial charge in [0, 0.05) is 23.9 Å². The van der Waals surface area contributed by atoms with E-state index >= 15 is 0 Å². The van der Waals surface area contributed by atoms with Gasteiger partial charge in [-0.1, -0.05) is 72.1 Å². The molecule has 9 heteroatoms. The van der Waals surface area contributed by atoms with E-state index in [0.29, 0.717) is 24.2 Å². The normalized spacial score (nSPS) is 18.5. The highest BCUT2D eigenvalue weighted by Gasteiger charge is 2.35. The van der Waals surface area contributed by atoms with Gasteiger partial charge < -0.3 is 14.5 Å². The quantitative estimate of drug-likeness (QED) is 0.0851. The minimum atomic E-state index is -0.665. The number of rotatable bonds is 4. The molecule has 0 fully saturated rings. The van der Waals surface area contributed by atoms with Crippen LogP contribution in [0.3, 0.4) is 0 Å². The Morgan fingerprint density at radius 1 is 0.733 bits per heavy atom. The second-order valence-electron chi connectivity index (χ2n) is 10.7. The maximum Gasteiger partial charge on any atom is 0.348 e. The molecule has 0 unspecified atom stereocenters. The molecule has 45 heavy (non-hydrogen) atoms. The highest BCUT2D eigenvalue weighted by Crippen LogP contribution is 2.49. The third-order valence-electron chi connectivity index (χ3n) is 8.06. The molecule has 2 aromatic heterocycles. The number of fused-ring (bicyclic) bond motifs is 5. The van der Waals surface area contributed by atoms with Crippen LogP contribution in [0.5, 0.6) is 5.75 Å². The van der Waals surface area contributed by atoms with Crippen LogP contribution < -0.4 is 14.5 Å². The number of para-hydroxylation sites is 3. The van der Waals surface area contributed by atoms with E-state index < -0.39 is 5.97 Å². The van der Waals surface area contributed by atoms with E-state index in [2.05, 4.69) is 47.9 Å². The fraction of sp³-hybridized carbons (Fsp3) is 0.111. The monoisotopic (exact) mass is 626 g/mol. The molecule has 0 N–H and O–H groups in total. The number of thioether (sulfide) groups is 2. The van der Waals surface area contributed by atoms with Crippen molar-refractivity contribution in [3.05, 3.63) is 124 Å². The van der Waals surface area contributed by atoms with E-state index in [1.54, 1.807) is 47.8 Å². The number of benzene rings is 3. The van der Waals surface area contributed by atoms with Crippen molar-refractivity contribution in [2.75, 3.05) is 22.9 Å². The number of aromatic nitrogens is 2. The molecular formula is C36H26N4O3S2. The van der Waals surface area contributed by atoms with Gasteiger partial charge in [-0.15, -0.1) is 0 Å². The number of hydrogen-bond donors (Lipinski definition) is 0. The van der Waals surface area contributed by atoms with E-state index in [1.807, 2.05) is 48.6 Å². The fourth-order valence-corrected chi connectivity index (χ4v) is 8.24. The Bertz CT molecular complexity index is 2080. The lowest BCUT2D eigenvalue weighted by Gasteiger charge is -2.21. The number of carbonyl (C=O) groups excluding carboxylic acids is 2. The third kappa shape index (κ3) is 4.62. The first-order valence-corrected chi connectivity index (χ1v) is 16.4. The summed E-state index contributed by atoms with van der Waals surface area (Å²) in [5.41, 5.74) is 2.69. The molecule has 3 aromatic carbocycles. The maximum atomic E-state index is 14.0. The lowest BCUT2D eigenvalue weighted by molar-refractivity contribution is -0.130. The molecule has 3 aliphatic heterocycles.